The number of aryl methyl sites for hydroxylation is 1. The van der Waals surface area contributed by atoms with E-state index in [4.69, 9.17) is 16.1 Å². The molecular formula is C17H14ClN5O. The van der Waals surface area contributed by atoms with Gasteiger partial charge in [-0.15, -0.1) is 5.10 Å². The molecule has 0 saturated carbocycles. The van der Waals surface area contributed by atoms with Crippen LogP contribution in [0, 0.1) is 0 Å². The summed E-state index contributed by atoms with van der Waals surface area (Å²) in [5.74, 6) is 0.891. The topological polar surface area (TPSA) is 69.6 Å². The van der Waals surface area contributed by atoms with E-state index in [2.05, 4.69) is 27.4 Å². The third-order valence-electron chi connectivity index (χ3n) is 3.74. The average molecular weight is 340 g/mol. The maximum Gasteiger partial charge on any atom is 0.259 e. The molecule has 7 heteroatoms. The minimum absolute atomic E-state index is 0.394. The van der Waals surface area contributed by atoms with Gasteiger partial charge in [0.2, 0.25) is 5.82 Å². The van der Waals surface area contributed by atoms with Crippen LogP contribution in [0.15, 0.2) is 47.0 Å². The molecule has 6 nitrogen and oxygen atoms in total. The van der Waals surface area contributed by atoms with Crippen molar-refractivity contribution in [2.75, 3.05) is 0 Å². The first-order valence-electron chi connectivity index (χ1n) is 7.68. The van der Waals surface area contributed by atoms with Gasteiger partial charge in [-0.3, -0.25) is 0 Å². The van der Waals surface area contributed by atoms with Crippen LogP contribution in [0.2, 0.25) is 5.02 Å². The summed E-state index contributed by atoms with van der Waals surface area (Å²) in [7, 11) is 0. The highest BCUT2D eigenvalue weighted by molar-refractivity contribution is 6.33. The molecular weight excluding hydrogens is 326 g/mol. The second-order valence-electron chi connectivity index (χ2n) is 5.42. The van der Waals surface area contributed by atoms with Gasteiger partial charge in [-0.05, 0) is 36.8 Å². The van der Waals surface area contributed by atoms with Crippen molar-refractivity contribution in [1.82, 2.24) is 25.1 Å². The Bertz CT molecular complexity index is 1010. The van der Waals surface area contributed by atoms with Crippen molar-refractivity contribution in [2.45, 2.75) is 19.9 Å². The number of fused-ring (bicyclic) bond motifs is 1. The van der Waals surface area contributed by atoms with Gasteiger partial charge in [0.25, 0.3) is 5.89 Å². The van der Waals surface area contributed by atoms with Crippen molar-refractivity contribution in [1.29, 1.82) is 0 Å². The molecule has 4 aromatic rings. The van der Waals surface area contributed by atoms with E-state index in [0.29, 0.717) is 22.3 Å². The fraction of sp³-hybridized carbons (Fsp3) is 0.176. The van der Waals surface area contributed by atoms with Crippen LogP contribution in [0.5, 0.6) is 0 Å². The molecule has 2 aromatic carbocycles. The largest absolute Gasteiger partial charge is 0.334 e. The summed E-state index contributed by atoms with van der Waals surface area (Å²) < 4.78 is 7.25. The first-order valence-corrected chi connectivity index (χ1v) is 8.06. The molecule has 2 heterocycles. The predicted molar refractivity (Wildman–Crippen MR) is 91.6 cm³/mol. The highest BCUT2D eigenvalue weighted by atomic mass is 35.5. The summed E-state index contributed by atoms with van der Waals surface area (Å²) in [6.07, 6.45) is 1.01. The zero-order valence-electron chi connectivity index (χ0n) is 13.0. The van der Waals surface area contributed by atoms with E-state index in [1.165, 1.54) is 0 Å². The van der Waals surface area contributed by atoms with Crippen LogP contribution in [0.1, 0.15) is 13.3 Å². The van der Waals surface area contributed by atoms with Crippen LogP contribution in [-0.2, 0) is 6.54 Å². The highest BCUT2D eigenvalue weighted by Gasteiger charge is 2.14. The maximum absolute atomic E-state index is 6.18. The smallest absolute Gasteiger partial charge is 0.259 e. The van der Waals surface area contributed by atoms with Gasteiger partial charge in [-0.25, -0.2) is 4.68 Å². The molecule has 0 aliphatic rings. The Labute approximate surface area is 143 Å². The van der Waals surface area contributed by atoms with Crippen LogP contribution in [0.4, 0.5) is 0 Å². The van der Waals surface area contributed by atoms with Crippen molar-refractivity contribution in [3.8, 4) is 22.8 Å². The number of rotatable bonds is 4. The normalized spacial score (nSPS) is 11.2. The second-order valence-corrected chi connectivity index (χ2v) is 5.83. The van der Waals surface area contributed by atoms with Crippen molar-refractivity contribution >= 4 is 22.6 Å². The lowest BCUT2D eigenvalue weighted by Gasteiger charge is -1.99. The average Bonchev–Trinajstić information content (AvgIpc) is 3.23. The number of aromatic nitrogens is 5. The monoisotopic (exact) mass is 339 g/mol. The molecule has 24 heavy (non-hydrogen) atoms. The van der Waals surface area contributed by atoms with Gasteiger partial charge in [-0.1, -0.05) is 41.0 Å². The van der Waals surface area contributed by atoms with Gasteiger partial charge in [0.15, 0.2) is 0 Å². The Morgan fingerprint density at radius 1 is 1.17 bits per heavy atom. The number of benzene rings is 2. The summed E-state index contributed by atoms with van der Waals surface area (Å²) >= 11 is 6.18. The van der Waals surface area contributed by atoms with Gasteiger partial charge >= 0.3 is 0 Å². The van der Waals surface area contributed by atoms with Crippen LogP contribution in [0.25, 0.3) is 33.9 Å². The fourth-order valence-electron chi connectivity index (χ4n) is 2.57. The Hall–Kier alpha value is -2.73. The standard InChI is InChI=1S/C17H14ClN5O/c1-2-9-23-15-8-7-11(10-14(15)20-22-23)16-19-17(24-21-16)12-5-3-4-6-13(12)18/h3-8,10H,2,9H2,1H3. The van der Waals surface area contributed by atoms with Crippen molar-refractivity contribution in [3.63, 3.8) is 0 Å². The lowest BCUT2D eigenvalue weighted by molar-refractivity contribution is 0.432. The SMILES string of the molecule is CCCn1nnc2cc(-c3noc(-c4ccccc4Cl)n3)ccc21. The molecule has 0 amide bonds. The molecule has 0 saturated heterocycles. The quantitative estimate of drug-likeness (QED) is 0.557. The highest BCUT2D eigenvalue weighted by Crippen LogP contribution is 2.28. The molecule has 0 unspecified atom stereocenters. The van der Waals surface area contributed by atoms with Gasteiger partial charge in [0.05, 0.1) is 16.1 Å². The first kappa shape index (κ1) is 14.8. The van der Waals surface area contributed by atoms with E-state index < -0.39 is 0 Å². The van der Waals surface area contributed by atoms with E-state index in [0.717, 1.165) is 29.6 Å². The number of hydrogen-bond acceptors (Lipinski definition) is 5. The Balaban J connectivity index is 1.72. The number of hydrogen-bond donors (Lipinski definition) is 0. The molecule has 0 atom stereocenters. The number of nitrogens with zero attached hydrogens (tertiary/aromatic N) is 5. The molecule has 0 N–H and O–H groups in total. The molecule has 0 bridgehead atoms. The molecule has 2 aromatic heterocycles. The third kappa shape index (κ3) is 2.55. The van der Waals surface area contributed by atoms with Crippen LogP contribution >= 0.6 is 11.6 Å². The van der Waals surface area contributed by atoms with E-state index in [9.17, 15) is 0 Å². The van der Waals surface area contributed by atoms with Crippen molar-refractivity contribution in [3.05, 3.63) is 47.5 Å². The molecule has 4 rings (SSSR count). The summed E-state index contributed by atoms with van der Waals surface area (Å²) in [5.41, 5.74) is 3.35. The van der Waals surface area contributed by atoms with Crippen molar-refractivity contribution in [2.24, 2.45) is 0 Å². The minimum atomic E-state index is 0.394. The number of halogens is 1. The fourth-order valence-corrected chi connectivity index (χ4v) is 2.79. The predicted octanol–water partition coefficient (Wildman–Crippen LogP) is 4.21. The summed E-state index contributed by atoms with van der Waals surface area (Å²) in [6.45, 7) is 2.95. The van der Waals surface area contributed by atoms with E-state index in [1.807, 2.05) is 41.1 Å². The first-order chi connectivity index (χ1) is 11.8. The summed E-state index contributed by atoms with van der Waals surface area (Å²) in [5, 5.41) is 13.0. The molecule has 0 spiro atoms. The van der Waals surface area contributed by atoms with Gasteiger partial charge < -0.3 is 4.52 Å². The Kier molecular flexibility index (Phi) is 3.74. The van der Waals surface area contributed by atoms with Crippen LogP contribution in [-0.4, -0.2) is 25.1 Å². The second kappa shape index (κ2) is 6.05. The third-order valence-corrected chi connectivity index (χ3v) is 4.07. The van der Waals surface area contributed by atoms with Crippen LogP contribution < -0.4 is 0 Å². The lowest BCUT2D eigenvalue weighted by atomic mass is 10.2. The van der Waals surface area contributed by atoms with Crippen LogP contribution in [0.3, 0.4) is 0 Å². The molecule has 0 fully saturated rings. The molecule has 0 radical (unpaired) electrons. The zero-order valence-corrected chi connectivity index (χ0v) is 13.7. The summed E-state index contributed by atoms with van der Waals surface area (Å²) in [4.78, 5) is 4.44. The van der Waals surface area contributed by atoms with E-state index >= 15 is 0 Å². The van der Waals surface area contributed by atoms with E-state index in [-0.39, 0.29) is 0 Å². The molecule has 0 aliphatic carbocycles. The lowest BCUT2D eigenvalue weighted by Crippen LogP contribution is -1.98. The Morgan fingerprint density at radius 3 is 2.88 bits per heavy atom. The maximum atomic E-state index is 6.18. The minimum Gasteiger partial charge on any atom is -0.334 e. The Morgan fingerprint density at radius 2 is 2.04 bits per heavy atom. The van der Waals surface area contributed by atoms with Gasteiger partial charge in [-0.2, -0.15) is 4.98 Å². The molecule has 0 aliphatic heterocycles. The zero-order chi connectivity index (χ0) is 16.5. The summed E-state index contributed by atoms with van der Waals surface area (Å²) in [6, 6.07) is 13.2. The van der Waals surface area contributed by atoms with E-state index in [1.54, 1.807) is 6.07 Å². The van der Waals surface area contributed by atoms with Crippen molar-refractivity contribution < 1.29 is 4.52 Å². The molecule has 120 valence electrons. The van der Waals surface area contributed by atoms with Gasteiger partial charge in [0.1, 0.15) is 5.52 Å². The van der Waals surface area contributed by atoms with Gasteiger partial charge in [0, 0.05) is 12.1 Å².